The van der Waals surface area contributed by atoms with Crippen LogP contribution in [0.5, 0.6) is 0 Å². The second kappa shape index (κ2) is 10.5. The normalized spacial score (nSPS) is 15.2. The van der Waals surface area contributed by atoms with Crippen molar-refractivity contribution in [1.29, 1.82) is 0 Å². The monoisotopic (exact) mass is 429 g/mol. The van der Waals surface area contributed by atoms with E-state index in [1.165, 1.54) is 18.8 Å². The van der Waals surface area contributed by atoms with Crippen molar-refractivity contribution in [2.24, 2.45) is 11.8 Å². The Balaban J connectivity index is 1.58. The lowest BCUT2D eigenvalue weighted by molar-refractivity contribution is -0.121. The van der Waals surface area contributed by atoms with Crippen molar-refractivity contribution in [2.75, 3.05) is 30.3 Å². The van der Waals surface area contributed by atoms with Crippen molar-refractivity contribution in [1.82, 2.24) is 14.9 Å². The Bertz CT molecular complexity index is 864. The van der Waals surface area contributed by atoms with Crippen LogP contribution in [-0.2, 0) is 4.79 Å². The lowest BCUT2D eigenvalue weighted by Crippen LogP contribution is -2.39. The number of piperidine rings is 1. The fourth-order valence-corrected chi connectivity index (χ4v) is 3.52. The van der Waals surface area contributed by atoms with Crippen LogP contribution in [0, 0.1) is 11.8 Å². The molecule has 0 saturated carbocycles. The number of hydrogen-bond acceptors (Lipinski definition) is 5. The van der Waals surface area contributed by atoms with Crippen LogP contribution >= 0.6 is 11.6 Å². The maximum absolute atomic E-state index is 12.8. The lowest BCUT2D eigenvalue weighted by atomic mass is 9.95. The maximum Gasteiger partial charge on any atom is 0.277 e. The number of carbonyl (C=O) groups excluding carboxylic acids is 2. The highest BCUT2D eigenvalue weighted by molar-refractivity contribution is 6.30. The highest BCUT2D eigenvalue weighted by Gasteiger charge is 2.26. The molecule has 0 aromatic carbocycles. The van der Waals surface area contributed by atoms with Gasteiger partial charge in [-0.1, -0.05) is 25.4 Å². The Kier molecular flexibility index (Phi) is 7.76. The lowest BCUT2D eigenvalue weighted by Gasteiger charge is -2.31. The summed E-state index contributed by atoms with van der Waals surface area (Å²) < 4.78 is 0. The van der Waals surface area contributed by atoms with E-state index in [1.54, 1.807) is 24.3 Å². The topological polar surface area (TPSA) is 87.2 Å². The van der Waals surface area contributed by atoms with Gasteiger partial charge in [0.25, 0.3) is 5.91 Å². The van der Waals surface area contributed by atoms with Gasteiger partial charge in [0.1, 0.15) is 5.82 Å². The van der Waals surface area contributed by atoms with E-state index < -0.39 is 5.91 Å². The SMILES string of the molecule is CC(C)CCN1CCC(C(=O)Nc2cccnc2C(=O)Nc2ccc(Cl)cn2)CC1. The average molecular weight is 430 g/mol. The van der Waals surface area contributed by atoms with E-state index >= 15 is 0 Å². The van der Waals surface area contributed by atoms with Gasteiger partial charge in [0.2, 0.25) is 5.91 Å². The molecule has 8 heteroatoms. The summed E-state index contributed by atoms with van der Waals surface area (Å²) in [6.45, 7) is 7.38. The van der Waals surface area contributed by atoms with E-state index in [2.05, 4.69) is 39.3 Å². The number of aromatic nitrogens is 2. The Labute approximate surface area is 182 Å². The summed E-state index contributed by atoms with van der Waals surface area (Å²) >= 11 is 5.82. The molecule has 1 aliphatic rings. The number of carbonyl (C=O) groups is 2. The largest absolute Gasteiger partial charge is 0.324 e. The zero-order valence-corrected chi connectivity index (χ0v) is 18.2. The van der Waals surface area contributed by atoms with Gasteiger partial charge in [-0.15, -0.1) is 0 Å². The summed E-state index contributed by atoms with van der Waals surface area (Å²) in [5, 5.41) is 6.06. The Morgan fingerprint density at radius 2 is 1.93 bits per heavy atom. The molecule has 30 heavy (non-hydrogen) atoms. The van der Waals surface area contributed by atoms with Gasteiger partial charge in [-0.3, -0.25) is 9.59 Å². The summed E-state index contributed by atoms with van der Waals surface area (Å²) in [5.41, 5.74) is 0.549. The highest BCUT2D eigenvalue weighted by Crippen LogP contribution is 2.22. The summed E-state index contributed by atoms with van der Waals surface area (Å²) in [6, 6.07) is 6.63. The third-order valence-electron chi connectivity index (χ3n) is 5.23. The number of halogens is 1. The third-order valence-corrected chi connectivity index (χ3v) is 5.45. The molecular weight excluding hydrogens is 402 g/mol. The Morgan fingerprint density at radius 1 is 1.17 bits per heavy atom. The second-order valence-corrected chi connectivity index (χ2v) is 8.44. The summed E-state index contributed by atoms with van der Waals surface area (Å²) in [7, 11) is 0. The molecule has 2 aromatic heterocycles. The van der Waals surface area contributed by atoms with Gasteiger partial charge in [-0.2, -0.15) is 0 Å². The predicted octanol–water partition coefficient (Wildman–Crippen LogP) is 4.08. The first kappa shape index (κ1) is 22.2. The van der Waals surface area contributed by atoms with Crippen molar-refractivity contribution >= 4 is 34.9 Å². The summed E-state index contributed by atoms with van der Waals surface area (Å²) in [6.07, 6.45) is 5.78. The number of hydrogen-bond donors (Lipinski definition) is 2. The minimum Gasteiger partial charge on any atom is -0.324 e. The first-order valence-electron chi connectivity index (χ1n) is 10.3. The van der Waals surface area contributed by atoms with Crippen molar-refractivity contribution in [3.05, 3.63) is 47.4 Å². The molecule has 0 unspecified atom stereocenters. The molecule has 1 saturated heterocycles. The van der Waals surface area contributed by atoms with Gasteiger partial charge in [-0.25, -0.2) is 9.97 Å². The predicted molar refractivity (Wildman–Crippen MR) is 119 cm³/mol. The van der Waals surface area contributed by atoms with Crippen LogP contribution in [0.2, 0.25) is 5.02 Å². The number of anilines is 2. The van der Waals surface area contributed by atoms with Crippen molar-refractivity contribution in [3.63, 3.8) is 0 Å². The molecule has 0 bridgehead atoms. The second-order valence-electron chi connectivity index (χ2n) is 8.00. The molecular formula is C22H28ClN5O2. The molecule has 0 radical (unpaired) electrons. The van der Waals surface area contributed by atoms with Gasteiger partial charge < -0.3 is 15.5 Å². The molecule has 0 spiro atoms. The van der Waals surface area contributed by atoms with Crippen molar-refractivity contribution < 1.29 is 9.59 Å². The Morgan fingerprint density at radius 3 is 2.60 bits per heavy atom. The zero-order valence-electron chi connectivity index (χ0n) is 17.4. The zero-order chi connectivity index (χ0) is 21.5. The fraction of sp³-hybridized carbons (Fsp3) is 0.455. The fourth-order valence-electron chi connectivity index (χ4n) is 3.41. The van der Waals surface area contributed by atoms with Crippen LogP contribution in [0.4, 0.5) is 11.5 Å². The number of rotatable bonds is 7. The van der Waals surface area contributed by atoms with Crippen LogP contribution in [-0.4, -0.2) is 46.3 Å². The molecule has 0 aliphatic carbocycles. The molecule has 160 valence electrons. The Hall–Kier alpha value is -2.51. The molecule has 3 rings (SSSR count). The summed E-state index contributed by atoms with van der Waals surface area (Å²) in [4.78, 5) is 36.1. The minimum absolute atomic E-state index is 0.0608. The number of pyridine rings is 2. The van der Waals surface area contributed by atoms with E-state index in [0.717, 1.165) is 32.5 Å². The number of amides is 2. The van der Waals surface area contributed by atoms with Crippen LogP contribution < -0.4 is 10.6 Å². The first-order chi connectivity index (χ1) is 14.4. The summed E-state index contributed by atoms with van der Waals surface area (Å²) in [5.74, 6) is 0.481. The standard InChI is InChI=1S/C22H28ClN5O2/c1-15(2)7-11-28-12-8-16(9-13-28)21(29)26-18-4-3-10-24-20(18)22(30)27-19-6-5-17(23)14-25-19/h3-6,10,14-16H,7-9,11-13H2,1-2H3,(H,26,29)(H,25,27,30). The van der Waals surface area contributed by atoms with Gasteiger partial charge >= 0.3 is 0 Å². The van der Waals surface area contributed by atoms with Gasteiger partial charge in [0, 0.05) is 18.3 Å². The minimum atomic E-state index is -0.441. The van der Waals surface area contributed by atoms with E-state index in [4.69, 9.17) is 11.6 Å². The van der Waals surface area contributed by atoms with Crippen LogP contribution in [0.1, 0.15) is 43.6 Å². The van der Waals surface area contributed by atoms with Crippen molar-refractivity contribution in [2.45, 2.75) is 33.1 Å². The highest BCUT2D eigenvalue weighted by atomic mass is 35.5. The third kappa shape index (κ3) is 6.24. The van der Waals surface area contributed by atoms with E-state index in [-0.39, 0.29) is 17.5 Å². The molecule has 0 atom stereocenters. The van der Waals surface area contributed by atoms with E-state index in [9.17, 15) is 9.59 Å². The number of likely N-dealkylation sites (tertiary alicyclic amines) is 1. The quantitative estimate of drug-likeness (QED) is 0.692. The van der Waals surface area contributed by atoms with Crippen LogP contribution in [0.25, 0.3) is 0 Å². The molecule has 2 N–H and O–H groups in total. The maximum atomic E-state index is 12.8. The molecule has 3 heterocycles. The van der Waals surface area contributed by atoms with Gasteiger partial charge in [0.15, 0.2) is 5.69 Å². The molecule has 2 aromatic rings. The van der Waals surface area contributed by atoms with Gasteiger partial charge in [0.05, 0.1) is 10.7 Å². The van der Waals surface area contributed by atoms with Crippen LogP contribution in [0.15, 0.2) is 36.7 Å². The van der Waals surface area contributed by atoms with Crippen molar-refractivity contribution in [3.8, 4) is 0 Å². The molecule has 1 fully saturated rings. The van der Waals surface area contributed by atoms with Gasteiger partial charge in [-0.05, 0) is 69.1 Å². The number of nitrogens with zero attached hydrogens (tertiary/aromatic N) is 3. The molecule has 1 aliphatic heterocycles. The van der Waals surface area contributed by atoms with E-state index in [1.807, 2.05) is 0 Å². The first-order valence-corrected chi connectivity index (χ1v) is 10.7. The molecule has 7 nitrogen and oxygen atoms in total. The van der Waals surface area contributed by atoms with Crippen LogP contribution in [0.3, 0.4) is 0 Å². The molecule has 2 amide bonds. The van der Waals surface area contributed by atoms with E-state index in [0.29, 0.717) is 22.4 Å². The smallest absolute Gasteiger partial charge is 0.277 e. The number of nitrogens with one attached hydrogen (secondary N) is 2. The average Bonchev–Trinajstić information content (AvgIpc) is 2.74.